The van der Waals surface area contributed by atoms with Crippen LogP contribution in [0.4, 0.5) is 19.0 Å². The molecule has 178 valence electrons. The molecular weight excluding hydrogens is 445 g/mol. The summed E-state index contributed by atoms with van der Waals surface area (Å²) in [5.74, 6) is 0.0505. The van der Waals surface area contributed by atoms with Gasteiger partial charge in [-0.3, -0.25) is 9.59 Å². The van der Waals surface area contributed by atoms with Crippen LogP contribution in [-0.4, -0.2) is 34.6 Å². The minimum Gasteiger partial charge on any atom is -0.356 e. The van der Waals surface area contributed by atoms with Crippen molar-refractivity contribution in [3.63, 3.8) is 0 Å². The van der Waals surface area contributed by atoms with Crippen LogP contribution in [0.2, 0.25) is 0 Å². The number of hydrogen-bond acceptors (Lipinski definition) is 4. The molecule has 1 N–H and O–H groups in total. The number of nitrogens with zero attached hydrogens (tertiary/aromatic N) is 3. The van der Waals surface area contributed by atoms with Crippen molar-refractivity contribution in [2.24, 2.45) is 0 Å². The predicted octanol–water partition coefficient (Wildman–Crippen LogP) is 4.02. The summed E-state index contributed by atoms with van der Waals surface area (Å²) in [5, 5.41) is 2.93. The van der Waals surface area contributed by atoms with Gasteiger partial charge >= 0.3 is 6.18 Å². The third-order valence-corrected chi connectivity index (χ3v) is 5.93. The van der Waals surface area contributed by atoms with Crippen LogP contribution in [-0.2, 0) is 12.7 Å². The topological polar surface area (TPSA) is 67.2 Å². The van der Waals surface area contributed by atoms with Gasteiger partial charge in [-0.25, -0.2) is 4.98 Å². The molecule has 9 heteroatoms. The monoisotopic (exact) mass is 470 g/mol. The molecule has 0 saturated carbocycles. The zero-order valence-corrected chi connectivity index (χ0v) is 18.7. The van der Waals surface area contributed by atoms with Crippen molar-refractivity contribution in [1.82, 2.24) is 14.9 Å². The van der Waals surface area contributed by atoms with Crippen LogP contribution in [0.5, 0.6) is 0 Å². The molecular formula is C25H25F3N4O2. The number of carbonyl (C=O) groups is 1. The minimum atomic E-state index is -4.42. The first kappa shape index (κ1) is 23.5. The number of hydrogen-bond donors (Lipinski definition) is 1. The molecule has 3 aromatic rings. The van der Waals surface area contributed by atoms with Crippen molar-refractivity contribution in [2.75, 3.05) is 18.0 Å². The van der Waals surface area contributed by atoms with E-state index in [1.807, 2.05) is 36.1 Å². The standard InChI is InChI=1S/C25H25F3N4O2/c1-17-4-2-5-18(14-17)16-32-11-3-6-21(24(32)34)23(33)30-20-9-12-31(13-10-20)22-8-7-19(15-29-22)25(26,27)28/h2-8,11,14-15,20H,9-10,12-13,16H2,1H3,(H,30,33). The van der Waals surface area contributed by atoms with E-state index in [2.05, 4.69) is 10.3 Å². The highest BCUT2D eigenvalue weighted by Gasteiger charge is 2.31. The van der Waals surface area contributed by atoms with Crippen molar-refractivity contribution in [3.8, 4) is 0 Å². The number of halogens is 3. The van der Waals surface area contributed by atoms with Gasteiger partial charge in [0.15, 0.2) is 0 Å². The van der Waals surface area contributed by atoms with E-state index in [9.17, 15) is 22.8 Å². The van der Waals surface area contributed by atoms with Crippen LogP contribution in [0.1, 0.15) is 39.9 Å². The summed E-state index contributed by atoms with van der Waals surface area (Å²) >= 11 is 0. The fraction of sp³-hybridized carbons (Fsp3) is 0.320. The Bertz CT molecular complexity index is 1210. The van der Waals surface area contributed by atoms with E-state index >= 15 is 0 Å². The maximum atomic E-state index is 12.9. The smallest absolute Gasteiger partial charge is 0.356 e. The summed E-state index contributed by atoms with van der Waals surface area (Å²) in [5.41, 5.74) is 1.02. The van der Waals surface area contributed by atoms with Gasteiger partial charge in [-0.2, -0.15) is 13.2 Å². The summed E-state index contributed by atoms with van der Waals surface area (Å²) < 4.78 is 39.7. The zero-order chi connectivity index (χ0) is 24.3. The molecule has 6 nitrogen and oxygen atoms in total. The molecule has 34 heavy (non-hydrogen) atoms. The van der Waals surface area contributed by atoms with Crippen molar-refractivity contribution < 1.29 is 18.0 Å². The first-order valence-electron chi connectivity index (χ1n) is 11.0. The number of alkyl halides is 3. The minimum absolute atomic E-state index is 0.0852. The molecule has 1 fully saturated rings. The first-order chi connectivity index (χ1) is 16.2. The van der Waals surface area contributed by atoms with Crippen LogP contribution in [0.3, 0.4) is 0 Å². The van der Waals surface area contributed by atoms with E-state index in [0.29, 0.717) is 38.3 Å². The van der Waals surface area contributed by atoms with Crippen LogP contribution in [0, 0.1) is 6.92 Å². The number of carbonyl (C=O) groups excluding carboxylic acids is 1. The molecule has 0 radical (unpaired) electrons. The average molecular weight is 470 g/mol. The maximum absolute atomic E-state index is 12.9. The Morgan fingerprint density at radius 1 is 1.12 bits per heavy atom. The van der Waals surface area contributed by atoms with Crippen molar-refractivity contribution in [1.29, 1.82) is 0 Å². The lowest BCUT2D eigenvalue weighted by molar-refractivity contribution is -0.137. The second-order valence-corrected chi connectivity index (χ2v) is 8.48. The molecule has 0 aliphatic carbocycles. The predicted molar refractivity (Wildman–Crippen MR) is 123 cm³/mol. The van der Waals surface area contributed by atoms with E-state index < -0.39 is 17.6 Å². The third-order valence-electron chi connectivity index (χ3n) is 5.93. The van der Waals surface area contributed by atoms with Gasteiger partial charge in [-0.1, -0.05) is 29.8 Å². The van der Waals surface area contributed by atoms with Crippen LogP contribution < -0.4 is 15.8 Å². The Hall–Kier alpha value is -3.62. The number of piperidine rings is 1. The van der Waals surface area contributed by atoms with Gasteiger partial charge in [0.05, 0.1) is 12.1 Å². The lowest BCUT2D eigenvalue weighted by Crippen LogP contribution is -2.46. The van der Waals surface area contributed by atoms with E-state index in [1.54, 1.807) is 12.3 Å². The van der Waals surface area contributed by atoms with E-state index in [1.165, 1.54) is 16.7 Å². The number of benzene rings is 1. The summed E-state index contributed by atoms with van der Waals surface area (Å²) in [4.78, 5) is 31.5. The Morgan fingerprint density at radius 2 is 1.88 bits per heavy atom. The quantitative estimate of drug-likeness (QED) is 0.612. The summed E-state index contributed by atoms with van der Waals surface area (Å²) in [6.45, 7) is 3.43. The molecule has 2 aromatic heterocycles. The Kier molecular flexibility index (Phi) is 6.72. The van der Waals surface area contributed by atoms with Crippen LogP contribution in [0.15, 0.2) is 65.7 Å². The van der Waals surface area contributed by atoms with Crippen molar-refractivity contribution in [3.05, 3.63) is 93.5 Å². The lowest BCUT2D eigenvalue weighted by atomic mass is 10.0. The lowest BCUT2D eigenvalue weighted by Gasteiger charge is -2.33. The molecule has 0 spiro atoms. The number of aromatic nitrogens is 2. The summed E-state index contributed by atoms with van der Waals surface area (Å²) in [7, 11) is 0. The van der Waals surface area contributed by atoms with Crippen LogP contribution in [0.25, 0.3) is 0 Å². The van der Waals surface area contributed by atoms with Gasteiger partial charge in [0.1, 0.15) is 11.4 Å². The van der Waals surface area contributed by atoms with Gasteiger partial charge < -0.3 is 14.8 Å². The molecule has 1 saturated heterocycles. The average Bonchev–Trinajstić information content (AvgIpc) is 2.80. The highest BCUT2D eigenvalue weighted by atomic mass is 19.4. The molecule has 0 bridgehead atoms. The van der Waals surface area contributed by atoms with Gasteiger partial charge in [0, 0.05) is 31.5 Å². The Morgan fingerprint density at radius 3 is 2.53 bits per heavy atom. The van der Waals surface area contributed by atoms with Gasteiger partial charge in [-0.15, -0.1) is 0 Å². The maximum Gasteiger partial charge on any atom is 0.417 e. The number of pyridine rings is 2. The van der Waals surface area contributed by atoms with Gasteiger partial charge in [-0.05, 0) is 49.6 Å². The first-order valence-corrected chi connectivity index (χ1v) is 11.0. The molecule has 0 unspecified atom stereocenters. The molecule has 1 amide bonds. The molecule has 1 aliphatic heterocycles. The largest absolute Gasteiger partial charge is 0.417 e. The summed E-state index contributed by atoms with van der Waals surface area (Å²) in [6.07, 6.45) is -0.728. The second-order valence-electron chi connectivity index (χ2n) is 8.48. The summed E-state index contributed by atoms with van der Waals surface area (Å²) in [6, 6.07) is 13.3. The molecule has 3 heterocycles. The van der Waals surface area contributed by atoms with Crippen molar-refractivity contribution >= 4 is 11.7 Å². The second kappa shape index (κ2) is 9.70. The number of nitrogens with one attached hydrogen (secondary N) is 1. The fourth-order valence-electron chi connectivity index (χ4n) is 4.10. The normalized spacial score (nSPS) is 14.8. The molecule has 4 rings (SSSR count). The van der Waals surface area contributed by atoms with E-state index in [0.717, 1.165) is 23.4 Å². The Balaban J connectivity index is 1.36. The highest BCUT2D eigenvalue weighted by molar-refractivity contribution is 5.94. The zero-order valence-electron chi connectivity index (χ0n) is 18.7. The van der Waals surface area contributed by atoms with Crippen LogP contribution >= 0.6 is 0 Å². The Labute approximate surface area is 195 Å². The molecule has 0 atom stereocenters. The molecule has 1 aromatic carbocycles. The number of amides is 1. The number of rotatable bonds is 5. The van der Waals surface area contributed by atoms with E-state index in [4.69, 9.17) is 0 Å². The SMILES string of the molecule is Cc1cccc(Cn2cccc(C(=O)NC3CCN(c4ccc(C(F)(F)F)cn4)CC3)c2=O)c1. The van der Waals surface area contributed by atoms with Gasteiger partial charge in [0.2, 0.25) is 0 Å². The van der Waals surface area contributed by atoms with Crippen molar-refractivity contribution in [2.45, 2.75) is 38.5 Å². The van der Waals surface area contributed by atoms with Gasteiger partial charge in [0.25, 0.3) is 11.5 Å². The van der Waals surface area contributed by atoms with E-state index in [-0.39, 0.29) is 17.2 Å². The molecule has 1 aliphatic rings. The highest BCUT2D eigenvalue weighted by Crippen LogP contribution is 2.29. The number of aryl methyl sites for hydroxylation is 1. The fourth-order valence-corrected chi connectivity index (χ4v) is 4.10. The number of anilines is 1. The third kappa shape index (κ3) is 5.47.